The molecule has 0 radical (unpaired) electrons. The molecule has 0 amide bonds. The topological polar surface area (TPSA) is 0 Å². The Morgan fingerprint density at radius 1 is 0.500 bits per heavy atom. The molecule has 0 spiro atoms. The van der Waals surface area contributed by atoms with Crippen LogP contribution in [0.5, 0.6) is 0 Å². The SMILES string of the molecule is Fc1ccc([SiH](c2ccccc2)c2ccccc2)cc1. The molecule has 0 aliphatic heterocycles. The van der Waals surface area contributed by atoms with Crippen molar-refractivity contribution < 1.29 is 4.39 Å². The first-order valence-corrected chi connectivity index (χ1v) is 8.43. The third-order valence-corrected chi connectivity index (χ3v) is 6.62. The quantitative estimate of drug-likeness (QED) is 0.508. The van der Waals surface area contributed by atoms with Crippen molar-refractivity contribution in [3.05, 3.63) is 90.7 Å². The first-order chi connectivity index (χ1) is 9.84. The zero-order valence-corrected chi connectivity index (χ0v) is 12.2. The van der Waals surface area contributed by atoms with Gasteiger partial charge >= 0.3 is 0 Å². The highest BCUT2D eigenvalue weighted by molar-refractivity contribution is 6.95. The van der Waals surface area contributed by atoms with Gasteiger partial charge in [-0.2, -0.15) is 0 Å². The minimum atomic E-state index is -1.50. The fraction of sp³-hybridized carbons (Fsp3) is 0. The number of hydrogen-bond acceptors (Lipinski definition) is 0. The number of benzene rings is 3. The predicted molar refractivity (Wildman–Crippen MR) is 85.3 cm³/mol. The molecule has 0 aliphatic rings. The van der Waals surface area contributed by atoms with Crippen LogP contribution in [0.1, 0.15) is 0 Å². The lowest BCUT2D eigenvalue weighted by Crippen LogP contribution is -2.51. The van der Waals surface area contributed by atoms with Crippen molar-refractivity contribution in [2.45, 2.75) is 0 Å². The Bertz CT molecular complexity index is 623. The summed E-state index contributed by atoms with van der Waals surface area (Å²) in [5.74, 6) is -0.178. The van der Waals surface area contributed by atoms with Crippen LogP contribution in [0.25, 0.3) is 0 Å². The highest BCUT2D eigenvalue weighted by atomic mass is 28.3. The van der Waals surface area contributed by atoms with Crippen molar-refractivity contribution in [3.63, 3.8) is 0 Å². The molecule has 0 atom stereocenters. The van der Waals surface area contributed by atoms with Gasteiger partial charge in [-0.25, -0.2) is 4.39 Å². The van der Waals surface area contributed by atoms with Gasteiger partial charge in [-0.1, -0.05) is 88.4 Å². The van der Waals surface area contributed by atoms with E-state index in [1.807, 2.05) is 24.3 Å². The van der Waals surface area contributed by atoms with Gasteiger partial charge in [0.15, 0.2) is 0 Å². The molecule has 98 valence electrons. The van der Waals surface area contributed by atoms with Crippen molar-refractivity contribution in [1.82, 2.24) is 0 Å². The molecule has 3 aromatic carbocycles. The Morgan fingerprint density at radius 3 is 1.35 bits per heavy atom. The van der Waals surface area contributed by atoms with Gasteiger partial charge < -0.3 is 0 Å². The summed E-state index contributed by atoms with van der Waals surface area (Å²) in [6.07, 6.45) is 0. The van der Waals surface area contributed by atoms with Gasteiger partial charge in [0, 0.05) is 0 Å². The lowest BCUT2D eigenvalue weighted by atomic mass is 10.3. The van der Waals surface area contributed by atoms with E-state index in [0.717, 1.165) is 0 Å². The molecule has 2 heteroatoms. The van der Waals surface area contributed by atoms with E-state index in [4.69, 9.17) is 0 Å². The highest BCUT2D eigenvalue weighted by Gasteiger charge is 2.18. The maximum Gasteiger partial charge on any atom is 0.132 e. The van der Waals surface area contributed by atoms with E-state index in [9.17, 15) is 4.39 Å². The predicted octanol–water partition coefficient (Wildman–Crippen LogP) is 2.07. The maximum atomic E-state index is 13.2. The van der Waals surface area contributed by atoms with E-state index in [1.54, 1.807) is 12.1 Å². The number of halogens is 1. The van der Waals surface area contributed by atoms with Crippen molar-refractivity contribution in [3.8, 4) is 0 Å². The number of rotatable bonds is 3. The largest absolute Gasteiger partial charge is 0.207 e. The van der Waals surface area contributed by atoms with Gasteiger partial charge in [-0.05, 0) is 12.1 Å². The van der Waals surface area contributed by atoms with Gasteiger partial charge in [0.05, 0.1) is 0 Å². The minimum Gasteiger partial charge on any atom is -0.207 e. The lowest BCUT2D eigenvalue weighted by Gasteiger charge is -2.17. The van der Waals surface area contributed by atoms with Crippen LogP contribution in [0.2, 0.25) is 0 Å². The molecule has 0 nitrogen and oxygen atoms in total. The normalized spacial score (nSPS) is 10.7. The van der Waals surface area contributed by atoms with Gasteiger partial charge in [0.2, 0.25) is 0 Å². The summed E-state index contributed by atoms with van der Waals surface area (Å²) in [6, 6.07) is 28.0. The summed E-state index contributed by atoms with van der Waals surface area (Å²) in [6.45, 7) is 0. The van der Waals surface area contributed by atoms with Crippen molar-refractivity contribution >= 4 is 24.4 Å². The molecule has 0 aliphatic carbocycles. The fourth-order valence-corrected chi connectivity index (χ4v) is 5.47. The Kier molecular flexibility index (Phi) is 3.75. The lowest BCUT2D eigenvalue weighted by molar-refractivity contribution is 0.628. The Morgan fingerprint density at radius 2 is 0.900 bits per heavy atom. The first kappa shape index (κ1) is 12.8. The smallest absolute Gasteiger partial charge is 0.132 e. The van der Waals surface area contributed by atoms with Crippen LogP contribution >= 0.6 is 0 Å². The van der Waals surface area contributed by atoms with Crippen molar-refractivity contribution in [1.29, 1.82) is 0 Å². The van der Waals surface area contributed by atoms with E-state index >= 15 is 0 Å². The molecular formula is C18H15FSi. The molecule has 20 heavy (non-hydrogen) atoms. The monoisotopic (exact) mass is 278 g/mol. The average molecular weight is 278 g/mol. The standard InChI is InChI=1S/C18H15FSi/c19-15-11-13-18(14-12-15)20(16-7-3-1-4-8-16)17-9-5-2-6-10-17/h1-14,20H. The molecule has 0 unspecified atom stereocenters. The molecule has 0 saturated carbocycles. The highest BCUT2D eigenvalue weighted by Crippen LogP contribution is 1.98. The van der Waals surface area contributed by atoms with Crippen LogP contribution in [0.15, 0.2) is 84.9 Å². The van der Waals surface area contributed by atoms with Gasteiger partial charge in [-0.15, -0.1) is 0 Å². The second-order valence-electron chi connectivity index (χ2n) is 4.81. The van der Waals surface area contributed by atoms with Crippen LogP contribution < -0.4 is 15.6 Å². The van der Waals surface area contributed by atoms with Crippen LogP contribution in [0.3, 0.4) is 0 Å². The van der Waals surface area contributed by atoms with Gasteiger partial charge in [0.1, 0.15) is 14.6 Å². The van der Waals surface area contributed by atoms with Crippen molar-refractivity contribution in [2.24, 2.45) is 0 Å². The summed E-state index contributed by atoms with van der Waals surface area (Å²) in [5, 5.41) is 3.94. The zero-order valence-electron chi connectivity index (χ0n) is 11.0. The van der Waals surface area contributed by atoms with Crippen LogP contribution in [-0.2, 0) is 0 Å². The summed E-state index contributed by atoms with van der Waals surface area (Å²) in [5.41, 5.74) is 0. The Balaban J connectivity index is 2.11. The molecule has 3 aromatic rings. The summed E-state index contributed by atoms with van der Waals surface area (Å²) < 4.78 is 13.2. The molecule has 3 rings (SSSR count). The summed E-state index contributed by atoms with van der Waals surface area (Å²) >= 11 is 0. The van der Waals surface area contributed by atoms with Crippen LogP contribution in [-0.4, -0.2) is 8.80 Å². The van der Waals surface area contributed by atoms with Gasteiger partial charge in [-0.3, -0.25) is 0 Å². The average Bonchev–Trinajstić information content (AvgIpc) is 2.52. The van der Waals surface area contributed by atoms with E-state index in [1.165, 1.54) is 15.6 Å². The summed E-state index contributed by atoms with van der Waals surface area (Å²) in [4.78, 5) is 0. The third kappa shape index (κ3) is 2.70. The van der Waals surface area contributed by atoms with Crippen molar-refractivity contribution in [2.75, 3.05) is 0 Å². The molecule has 0 saturated heterocycles. The zero-order chi connectivity index (χ0) is 13.8. The molecule has 0 fully saturated rings. The van der Waals surface area contributed by atoms with E-state index in [-0.39, 0.29) is 5.82 Å². The van der Waals surface area contributed by atoms with Crippen LogP contribution in [0, 0.1) is 5.82 Å². The summed E-state index contributed by atoms with van der Waals surface area (Å²) in [7, 11) is -1.50. The third-order valence-electron chi connectivity index (χ3n) is 3.47. The van der Waals surface area contributed by atoms with Crippen LogP contribution in [0.4, 0.5) is 4.39 Å². The second kappa shape index (κ2) is 5.84. The molecular weight excluding hydrogens is 263 g/mol. The minimum absolute atomic E-state index is 0.178. The van der Waals surface area contributed by atoms with E-state index in [2.05, 4.69) is 48.5 Å². The van der Waals surface area contributed by atoms with E-state index < -0.39 is 8.80 Å². The molecule has 0 heterocycles. The molecule has 0 bridgehead atoms. The van der Waals surface area contributed by atoms with Gasteiger partial charge in [0.25, 0.3) is 0 Å². The number of hydrogen-bond donors (Lipinski definition) is 0. The maximum absolute atomic E-state index is 13.2. The first-order valence-electron chi connectivity index (χ1n) is 6.70. The Hall–Kier alpha value is -2.19. The molecule has 0 aromatic heterocycles. The second-order valence-corrected chi connectivity index (χ2v) is 7.67. The molecule has 0 N–H and O–H groups in total. The fourth-order valence-electron chi connectivity index (χ4n) is 2.52. The Labute approximate surface area is 120 Å². The van der Waals surface area contributed by atoms with E-state index in [0.29, 0.717) is 0 Å².